The van der Waals surface area contributed by atoms with Crippen LogP contribution in [-0.2, 0) is 15.1 Å². The summed E-state index contributed by atoms with van der Waals surface area (Å²) in [6.45, 7) is 3.97. The second-order valence-electron chi connectivity index (χ2n) is 8.26. The molecule has 3 rings (SSSR count). The van der Waals surface area contributed by atoms with Gasteiger partial charge in [0.25, 0.3) is 0 Å². The summed E-state index contributed by atoms with van der Waals surface area (Å²) in [5, 5.41) is 11.2. The summed E-state index contributed by atoms with van der Waals surface area (Å²) in [6.07, 6.45) is -3.93. The lowest BCUT2D eigenvalue weighted by Gasteiger charge is -2.38. The first-order valence-corrected chi connectivity index (χ1v) is 11.6. The molecule has 1 N–H and O–H groups in total. The molecule has 192 valence electrons. The lowest BCUT2D eigenvalue weighted by Crippen LogP contribution is -2.47. The number of halogens is 4. The third-order valence-corrected chi connectivity index (χ3v) is 6.54. The number of anilines is 1. The molecule has 2 unspecified atom stereocenters. The van der Waals surface area contributed by atoms with Crippen molar-refractivity contribution in [3.63, 3.8) is 0 Å². The van der Waals surface area contributed by atoms with Gasteiger partial charge >= 0.3 is 12.3 Å². The van der Waals surface area contributed by atoms with Crippen molar-refractivity contribution in [2.75, 3.05) is 31.7 Å². The Morgan fingerprint density at radius 3 is 2.51 bits per heavy atom. The molecular formula is C24H28ClF3N2O5. The molecule has 2 aromatic rings. The van der Waals surface area contributed by atoms with E-state index in [0.717, 1.165) is 6.07 Å². The lowest BCUT2D eigenvalue weighted by atomic mass is 9.78. The third-order valence-electron chi connectivity index (χ3n) is 6.21. The van der Waals surface area contributed by atoms with E-state index >= 15 is 0 Å². The molecule has 1 aliphatic rings. The molecule has 1 fully saturated rings. The second kappa shape index (κ2) is 10.9. The molecule has 7 nitrogen and oxygen atoms in total. The Balaban J connectivity index is 1.86. The van der Waals surface area contributed by atoms with Crippen molar-refractivity contribution in [1.82, 2.24) is 4.98 Å². The lowest BCUT2D eigenvalue weighted by molar-refractivity contribution is -0.274. The summed E-state index contributed by atoms with van der Waals surface area (Å²) in [5.74, 6) is -0.754. The minimum absolute atomic E-state index is 0.0532. The highest BCUT2D eigenvalue weighted by atomic mass is 35.5. The first-order valence-electron chi connectivity index (χ1n) is 11.2. The molecule has 1 saturated heterocycles. The van der Waals surface area contributed by atoms with Crippen LogP contribution in [0, 0.1) is 0 Å². The number of ether oxygens (including phenoxy) is 3. The summed E-state index contributed by atoms with van der Waals surface area (Å²) in [7, 11) is 1.42. The molecule has 0 spiro atoms. The second-order valence-corrected chi connectivity index (χ2v) is 8.67. The molecule has 1 aromatic heterocycles. The number of benzene rings is 1. The highest BCUT2D eigenvalue weighted by molar-refractivity contribution is 6.31. The summed E-state index contributed by atoms with van der Waals surface area (Å²) in [5.41, 5.74) is -3.45. The molecule has 2 heterocycles. The zero-order chi connectivity index (χ0) is 25.8. The molecule has 1 aliphatic heterocycles. The van der Waals surface area contributed by atoms with E-state index in [1.54, 1.807) is 11.8 Å². The smallest absolute Gasteiger partial charge is 0.497 e. The Kier molecular flexibility index (Phi) is 8.38. The van der Waals surface area contributed by atoms with Crippen molar-refractivity contribution < 1.29 is 37.3 Å². The van der Waals surface area contributed by atoms with Gasteiger partial charge in [-0.3, -0.25) is 0 Å². The predicted molar refractivity (Wildman–Crippen MR) is 124 cm³/mol. The number of aliphatic hydroxyl groups is 1. The molecule has 1 aromatic carbocycles. The largest absolute Gasteiger partial charge is 0.508 e. The maximum atomic E-state index is 14.4. The van der Waals surface area contributed by atoms with Crippen molar-refractivity contribution in [3.05, 3.63) is 52.7 Å². The quantitative estimate of drug-likeness (QED) is 0.491. The van der Waals surface area contributed by atoms with Crippen molar-refractivity contribution in [2.45, 2.75) is 50.5 Å². The van der Waals surface area contributed by atoms with E-state index < -0.39 is 23.9 Å². The van der Waals surface area contributed by atoms with Crippen LogP contribution in [0.5, 0.6) is 5.75 Å². The van der Waals surface area contributed by atoms with E-state index in [0.29, 0.717) is 31.7 Å². The zero-order valence-electron chi connectivity index (χ0n) is 19.6. The summed E-state index contributed by atoms with van der Waals surface area (Å²) < 4.78 is 58.3. The summed E-state index contributed by atoms with van der Waals surface area (Å²) in [6, 6.07) is 6.72. The highest BCUT2D eigenvalue weighted by Crippen LogP contribution is 2.50. The van der Waals surface area contributed by atoms with Crippen LogP contribution in [-0.4, -0.2) is 55.3 Å². The van der Waals surface area contributed by atoms with Crippen molar-refractivity contribution in [3.8, 4) is 5.75 Å². The number of carbonyl (C=O) groups excluding carboxylic acids is 1. The number of alkyl halides is 3. The van der Waals surface area contributed by atoms with Gasteiger partial charge in [0.15, 0.2) is 5.60 Å². The SMILES string of the molecule is CCOC(=O)OC1CCN(c2cc(C(O)(C(C)c3ccc(OC)cc3Cl)C(F)(F)F)ccn2)CC1. The van der Waals surface area contributed by atoms with Crippen LogP contribution in [0.3, 0.4) is 0 Å². The van der Waals surface area contributed by atoms with Gasteiger partial charge in [-0.25, -0.2) is 9.78 Å². The molecule has 35 heavy (non-hydrogen) atoms. The van der Waals surface area contributed by atoms with Crippen LogP contribution in [0.2, 0.25) is 5.02 Å². The fourth-order valence-corrected chi connectivity index (χ4v) is 4.52. The van der Waals surface area contributed by atoms with E-state index in [-0.39, 0.29) is 34.7 Å². The van der Waals surface area contributed by atoms with Gasteiger partial charge in [-0.15, -0.1) is 0 Å². The van der Waals surface area contributed by atoms with E-state index in [4.69, 9.17) is 25.8 Å². The Labute approximate surface area is 206 Å². The molecule has 2 atom stereocenters. The van der Waals surface area contributed by atoms with Gasteiger partial charge in [0.1, 0.15) is 17.7 Å². The third kappa shape index (κ3) is 5.75. The minimum Gasteiger partial charge on any atom is -0.497 e. The first-order chi connectivity index (χ1) is 16.5. The topological polar surface area (TPSA) is 81.1 Å². The first kappa shape index (κ1) is 26.9. The van der Waals surface area contributed by atoms with Crippen molar-refractivity contribution >= 4 is 23.6 Å². The standard InChI is InChI=1S/C24H28ClF3N2O5/c1-4-34-22(31)35-17-8-11-30(12-9-17)21-13-16(7-10-29-21)23(32,24(26,27)28)15(2)19-6-5-18(33-3)14-20(19)25/h5-7,10,13-15,17,32H,4,8-9,11-12H2,1-3H3. The maximum absolute atomic E-state index is 14.4. The van der Waals surface area contributed by atoms with Crippen LogP contribution >= 0.6 is 11.6 Å². The molecule has 0 aliphatic carbocycles. The van der Waals surface area contributed by atoms with E-state index in [1.165, 1.54) is 44.5 Å². The van der Waals surface area contributed by atoms with E-state index in [1.807, 2.05) is 0 Å². The Bertz CT molecular complexity index is 1030. The van der Waals surface area contributed by atoms with Gasteiger partial charge in [0.2, 0.25) is 0 Å². The highest BCUT2D eigenvalue weighted by Gasteiger charge is 2.59. The molecule has 0 radical (unpaired) electrons. The normalized spacial score (nSPS) is 17.4. The van der Waals surface area contributed by atoms with Crippen molar-refractivity contribution in [2.24, 2.45) is 0 Å². The number of piperidine rings is 1. The number of hydrogen-bond donors (Lipinski definition) is 1. The fourth-order valence-electron chi connectivity index (χ4n) is 4.19. The maximum Gasteiger partial charge on any atom is 0.508 e. The average Bonchev–Trinajstić information content (AvgIpc) is 2.83. The number of rotatable bonds is 7. The van der Waals surface area contributed by atoms with Gasteiger partial charge in [-0.05, 0) is 42.3 Å². The van der Waals surface area contributed by atoms with Crippen LogP contribution in [0.25, 0.3) is 0 Å². The Hall–Kier alpha value is -2.72. The van der Waals surface area contributed by atoms with Gasteiger partial charge in [0.05, 0.1) is 13.7 Å². The number of aromatic nitrogens is 1. The number of methoxy groups -OCH3 is 1. The van der Waals surface area contributed by atoms with Gasteiger partial charge in [0, 0.05) is 43.1 Å². The zero-order valence-corrected chi connectivity index (χ0v) is 20.4. The van der Waals surface area contributed by atoms with Gasteiger partial charge in [-0.1, -0.05) is 24.6 Å². The van der Waals surface area contributed by atoms with Gasteiger partial charge < -0.3 is 24.2 Å². The molecule has 11 heteroatoms. The number of pyridine rings is 1. The average molecular weight is 517 g/mol. The van der Waals surface area contributed by atoms with Gasteiger partial charge in [-0.2, -0.15) is 13.2 Å². The number of nitrogens with zero attached hydrogens (tertiary/aromatic N) is 2. The van der Waals surface area contributed by atoms with Crippen LogP contribution in [0.4, 0.5) is 23.8 Å². The van der Waals surface area contributed by atoms with Crippen molar-refractivity contribution in [1.29, 1.82) is 0 Å². The summed E-state index contributed by atoms with van der Waals surface area (Å²) >= 11 is 6.25. The number of hydrogen-bond acceptors (Lipinski definition) is 7. The van der Waals surface area contributed by atoms with Crippen LogP contribution in [0.15, 0.2) is 36.5 Å². The Morgan fingerprint density at radius 2 is 1.94 bits per heavy atom. The molecule has 0 amide bonds. The molecule has 0 saturated carbocycles. The van der Waals surface area contributed by atoms with Crippen LogP contribution in [0.1, 0.15) is 43.7 Å². The van der Waals surface area contributed by atoms with E-state index in [9.17, 15) is 23.1 Å². The molecule has 0 bridgehead atoms. The molecular weight excluding hydrogens is 489 g/mol. The minimum atomic E-state index is -5.01. The summed E-state index contributed by atoms with van der Waals surface area (Å²) in [4.78, 5) is 17.5. The predicted octanol–water partition coefficient (Wildman–Crippen LogP) is 5.44. The Morgan fingerprint density at radius 1 is 1.26 bits per heavy atom. The van der Waals surface area contributed by atoms with E-state index in [2.05, 4.69) is 4.98 Å². The monoisotopic (exact) mass is 516 g/mol. The fraction of sp³-hybridized carbons (Fsp3) is 0.500. The number of carbonyl (C=O) groups is 1. The van der Waals surface area contributed by atoms with Crippen LogP contribution < -0.4 is 9.64 Å².